The third kappa shape index (κ3) is 1.49. The predicted octanol–water partition coefficient (Wildman–Crippen LogP) is 1.90. The van der Waals surface area contributed by atoms with Crippen LogP contribution in [0.25, 0.3) is 10.4 Å². The molecule has 0 aliphatic rings. The Labute approximate surface area is 84.0 Å². The van der Waals surface area contributed by atoms with Crippen molar-refractivity contribution < 1.29 is 9.90 Å². The molecule has 70 valence electrons. The third-order valence-corrected chi connectivity index (χ3v) is 2.57. The van der Waals surface area contributed by atoms with Crippen LogP contribution >= 0.6 is 11.5 Å². The lowest BCUT2D eigenvalue weighted by atomic mass is 10.2. The molecule has 0 fully saturated rings. The van der Waals surface area contributed by atoms with Gasteiger partial charge in [0.25, 0.3) is 0 Å². The average Bonchev–Trinajstić information content (AvgIpc) is 2.67. The Morgan fingerprint density at radius 2 is 2.29 bits per heavy atom. The quantitative estimate of drug-likeness (QED) is 0.815. The van der Waals surface area contributed by atoms with Crippen molar-refractivity contribution in [3.05, 3.63) is 36.3 Å². The van der Waals surface area contributed by atoms with Gasteiger partial charge >= 0.3 is 5.97 Å². The molecule has 0 saturated heterocycles. The molecule has 2 rings (SSSR count). The van der Waals surface area contributed by atoms with Gasteiger partial charge in [-0.2, -0.15) is 4.37 Å². The van der Waals surface area contributed by atoms with Crippen LogP contribution in [-0.4, -0.2) is 20.4 Å². The van der Waals surface area contributed by atoms with Crippen molar-refractivity contribution in [1.82, 2.24) is 9.36 Å². The predicted molar refractivity (Wildman–Crippen MR) is 52.3 cm³/mol. The molecule has 2 aromatic rings. The van der Waals surface area contributed by atoms with Crippen molar-refractivity contribution in [2.24, 2.45) is 0 Å². The van der Waals surface area contributed by atoms with E-state index in [-0.39, 0.29) is 5.56 Å². The van der Waals surface area contributed by atoms with Gasteiger partial charge < -0.3 is 5.11 Å². The molecule has 0 saturated carbocycles. The number of hydrogen-bond donors (Lipinski definition) is 1. The Morgan fingerprint density at radius 3 is 2.93 bits per heavy atom. The maximum atomic E-state index is 10.8. The van der Waals surface area contributed by atoms with Crippen molar-refractivity contribution >= 4 is 17.5 Å². The fraction of sp³-hybridized carbons (Fsp3) is 0. The molecule has 0 aromatic carbocycles. The summed E-state index contributed by atoms with van der Waals surface area (Å²) in [5, 5.41) is 8.86. The minimum atomic E-state index is -0.961. The van der Waals surface area contributed by atoms with E-state index in [4.69, 9.17) is 5.11 Å². The molecule has 0 radical (unpaired) electrons. The van der Waals surface area contributed by atoms with Crippen LogP contribution in [-0.2, 0) is 0 Å². The molecule has 0 bridgehead atoms. The van der Waals surface area contributed by atoms with Gasteiger partial charge in [0.1, 0.15) is 0 Å². The number of carboxylic acids is 1. The Balaban J connectivity index is 2.52. The second-order valence-electron chi connectivity index (χ2n) is 2.62. The van der Waals surface area contributed by atoms with Crippen molar-refractivity contribution in [3.8, 4) is 10.4 Å². The number of carboxylic acid groups (broad SMARTS) is 1. The number of nitrogens with zero attached hydrogens (tertiary/aromatic N) is 2. The number of carbonyl (C=O) groups is 1. The zero-order valence-corrected chi connectivity index (χ0v) is 7.86. The van der Waals surface area contributed by atoms with Crippen molar-refractivity contribution in [2.75, 3.05) is 0 Å². The van der Waals surface area contributed by atoms with Crippen LogP contribution in [0.1, 0.15) is 10.4 Å². The topological polar surface area (TPSA) is 63.1 Å². The third-order valence-electron chi connectivity index (χ3n) is 1.72. The summed E-state index contributed by atoms with van der Waals surface area (Å²) in [6, 6.07) is 3.58. The van der Waals surface area contributed by atoms with Gasteiger partial charge in [-0.05, 0) is 17.6 Å². The van der Waals surface area contributed by atoms with Crippen LogP contribution in [0.3, 0.4) is 0 Å². The molecule has 4 nitrogen and oxygen atoms in total. The van der Waals surface area contributed by atoms with E-state index >= 15 is 0 Å². The molecular weight excluding hydrogens is 200 g/mol. The van der Waals surface area contributed by atoms with Crippen LogP contribution in [0.2, 0.25) is 0 Å². The highest BCUT2D eigenvalue weighted by molar-refractivity contribution is 7.10. The molecule has 1 N–H and O–H groups in total. The molecule has 2 aromatic heterocycles. The summed E-state index contributed by atoms with van der Waals surface area (Å²) in [6.45, 7) is 0. The van der Waals surface area contributed by atoms with E-state index in [2.05, 4.69) is 9.36 Å². The van der Waals surface area contributed by atoms with E-state index in [0.717, 1.165) is 17.1 Å². The first-order valence-corrected chi connectivity index (χ1v) is 4.65. The summed E-state index contributed by atoms with van der Waals surface area (Å²) >= 11 is 1.16. The summed E-state index contributed by atoms with van der Waals surface area (Å²) in [5.74, 6) is -0.961. The smallest absolute Gasteiger partial charge is 0.338 e. The lowest BCUT2D eigenvalue weighted by molar-refractivity contribution is 0.0698. The van der Waals surface area contributed by atoms with Gasteiger partial charge in [0.05, 0.1) is 16.6 Å². The summed E-state index contributed by atoms with van der Waals surface area (Å²) in [5.41, 5.74) is 1.01. The maximum Gasteiger partial charge on any atom is 0.338 e. The molecular formula is C9H6N2O2S. The first-order valence-electron chi connectivity index (χ1n) is 3.87. The van der Waals surface area contributed by atoms with E-state index in [9.17, 15) is 4.79 Å². The van der Waals surface area contributed by atoms with E-state index in [1.54, 1.807) is 18.5 Å². The summed E-state index contributed by atoms with van der Waals surface area (Å²) in [7, 11) is 0. The highest BCUT2D eigenvalue weighted by Gasteiger charge is 2.13. The standard InChI is InChI=1S/C9H6N2O2S/c12-9(13)7-5-11-14-8(7)6-2-1-3-10-4-6/h1-5H,(H,12,13). The number of aromatic carboxylic acids is 1. The lowest BCUT2D eigenvalue weighted by Crippen LogP contribution is -1.95. The summed E-state index contributed by atoms with van der Waals surface area (Å²) < 4.78 is 3.85. The number of pyridine rings is 1. The van der Waals surface area contributed by atoms with E-state index in [1.165, 1.54) is 6.20 Å². The number of rotatable bonds is 2. The van der Waals surface area contributed by atoms with Crippen LogP contribution in [0, 0.1) is 0 Å². The van der Waals surface area contributed by atoms with Gasteiger partial charge in [0, 0.05) is 18.0 Å². The molecule has 0 atom stereocenters. The van der Waals surface area contributed by atoms with Crippen LogP contribution < -0.4 is 0 Å². The highest BCUT2D eigenvalue weighted by atomic mass is 32.1. The minimum Gasteiger partial charge on any atom is -0.478 e. The van der Waals surface area contributed by atoms with E-state index < -0.39 is 5.97 Å². The SMILES string of the molecule is O=C(O)c1cnsc1-c1cccnc1. The normalized spacial score (nSPS) is 10.0. The molecule has 2 heterocycles. The van der Waals surface area contributed by atoms with Gasteiger partial charge in [-0.15, -0.1) is 0 Å². The van der Waals surface area contributed by atoms with Gasteiger partial charge in [0.2, 0.25) is 0 Å². The fourth-order valence-electron chi connectivity index (χ4n) is 1.10. The zero-order chi connectivity index (χ0) is 9.97. The molecule has 0 aliphatic heterocycles. The van der Waals surface area contributed by atoms with E-state index in [1.807, 2.05) is 6.07 Å². The molecule has 0 amide bonds. The van der Waals surface area contributed by atoms with Crippen LogP contribution in [0.4, 0.5) is 0 Å². The first kappa shape index (κ1) is 8.83. The van der Waals surface area contributed by atoms with Crippen LogP contribution in [0.15, 0.2) is 30.7 Å². The average molecular weight is 206 g/mol. The van der Waals surface area contributed by atoms with Gasteiger partial charge in [0.15, 0.2) is 0 Å². The lowest BCUT2D eigenvalue weighted by Gasteiger charge is -1.96. The second-order valence-corrected chi connectivity index (χ2v) is 3.42. The Bertz CT molecular complexity index is 453. The van der Waals surface area contributed by atoms with Gasteiger partial charge in [-0.3, -0.25) is 4.98 Å². The molecule has 5 heteroatoms. The summed E-state index contributed by atoms with van der Waals surface area (Å²) in [4.78, 5) is 15.4. The molecule has 14 heavy (non-hydrogen) atoms. The zero-order valence-electron chi connectivity index (χ0n) is 7.04. The first-order chi connectivity index (χ1) is 6.79. The van der Waals surface area contributed by atoms with E-state index in [0.29, 0.717) is 4.88 Å². The Kier molecular flexibility index (Phi) is 2.24. The van der Waals surface area contributed by atoms with Crippen LogP contribution in [0.5, 0.6) is 0 Å². The Hall–Kier alpha value is -1.75. The maximum absolute atomic E-state index is 10.8. The van der Waals surface area contributed by atoms with Crippen molar-refractivity contribution in [2.45, 2.75) is 0 Å². The van der Waals surface area contributed by atoms with Crippen molar-refractivity contribution in [3.63, 3.8) is 0 Å². The summed E-state index contributed by atoms with van der Waals surface area (Å²) in [6.07, 6.45) is 4.63. The van der Waals surface area contributed by atoms with Crippen molar-refractivity contribution in [1.29, 1.82) is 0 Å². The number of hydrogen-bond acceptors (Lipinski definition) is 4. The molecule has 0 aliphatic carbocycles. The molecule has 0 spiro atoms. The van der Waals surface area contributed by atoms with Gasteiger partial charge in [-0.1, -0.05) is 6.07 Å². The number of aromatic nitrogens is 2. The molecule has 0 unspecified atom stereocenters. The van der Waals surface area contributed by atoms with Gasteiger partial charge in [-0.25, -0.2) is 4.79 Å². The largest absolute Gasteiger partial charge is 0.478 e. The second kappa shape index (κ2) is 3.55. The minimum absolute atomic E-state index is 0.225. The Morgan fingerprint density at radius 1 is 1.43 bits per heavy atom. The highest BCUT2D eigenvalue weighted by Crippen LogP contribution is 2.26. The monoisotopic (exact) mass is 206 g/mol. The fourth-order valence-corrected chi connectivity index (χ4v) is 1.83.